The highest BCUT2D eigenvalue weighted by atomic mass is 16.6. The molecule has 0 bridgehead atoms. The van der Waals surface area contributed by atoms with Gasteiger partial charge in [-0.25, -0.2) is 0 Å². The molecule has 0 aliphatic carbocycles. The van der Waals surface area contributed by atoms with Gasteiger partial charge in [-0.05, 0) is 32.8 Å². The molecule has 0 amide bonds. The van der Waals surface area contributed by atoms with E-state index in [1.165, 1.54) is 38.5 Å². The second kappa shape index (κ2) is 14.2. The standard InChI is InChI=1S/C25H40O4/c1-5-6-7-8-9-10-11-15-18-22(19-23(26)29-25(2,3)4)24(27)28-20-21-16-13-12-14-17-21/h12-14,16-17,22H,5-11,15,18-20H2,1-4H3/t22-/m1/s1. The summed E-state index contributed by atoms with van der Waals surface area (Å²) in [7, 11) is 0. The van der Waals surface area contributed by atoms with Gasteiger partial charge in [-0.1, -0.05) is 88.6 Å². The molecule has 0 spiro atoms. The van der Waals surface area contributed by atoms with Gasteiger partial charge < -0.3 is 9.47 Å². The van der Waals surface area contributed by atoms with E-state index in [0.29, 0.717) is 6.42 Å². The van der Waals surface area contributed by atoms with Crippen molar-refractivity contribution in [2.24, 2.45) is 5.92 Å². The third-order valence-corrected chi connectivity index (χ3v) is 4.80. The van der Waals surface area contributed by atoms with E-state index in [2.05, 4.69) is 6.92 Å². The van der Waals surface area contributed by atoms with Crippen molar-refractivity contribution in [3.05, 3.63) is 35.9 Å². The molecule has 1 atom stereocenters. The fraction of sp³-hybridized carbons (Fsp3) is 0.680. The Bertz CT molecular complexity index is 574. The van der Waals surface area contributed by atoms with E-state index in [0.717, 1.165) is 18.4 Å². The Morgan fingerprint density at radius 3 is 2.07 bits per heavy atom. The minimum atomic E-state index is -0.548. The summed E-state index contributed by atoms with van der Waals surface area (Å²) in [5.74, 6) is -1.07. The number of carbonyl (C=O) groups excluding carboxylic acids is 2. The first-order valence-corrected chi connectivity index (χ1v) is 11.2. The topological polar surface area (TPSA) is 52.6 Å². The lowest BCUT2D eigenvalue weighted by molar-refractivity contribution is -0.162. The van der Waals surface area contributed by atoms with Crippen molar-refractivity contribution < 1.29 is 19.1 Å². The molecule has 1 rings (SSSR count). The minimum Gasteiger partial charge on any atom is -0.461 e. The second-order valence-corrected chi connectivity index (χ2v) is 8.84. The Hall–Kier alpha value is -1.84. The van der Waals surface area contributed by atoms with Crippen LogP contribution in [0.5, 0.6) is 0 Å². The molecule has 0 radical (unpaired) electrons. The molecule has 29 heavy (non-hydrogen) atoms. The Morgan fingerprint density at radius 2 is 1.48 bits per heavy atom. The van der Waals surface area contributed by atoms with Crippen LogP contribution in [0.3, 0.4) is 0 Å². The van der Waals surface area contributed by atoms with Crippen molar-refractivity contribution >= 4 is 11.9 Å². The molecule has 0 aliphatic heterocycles. The Kier molecular flexibility index (Phi) is 12.3. The third-order valence-electron chi connectivity index (χ3n) is 4.80. The smallest absolute Gasteiger partial charge is 0.309 e. The first-order chi connectivity index (χ1) is 13.8. The van der Waals surface area contributed by atoms with Gasteiger partial charge in [0, 0.05) is 0 Å². The molecule has 1 aromatic carbocycles. The van der Waals surface area contributed by atoms with Gasteiger partial charge in [-0.3, -0.25) is 9.59 Å². The van der Waals surface area contributed by atoms with Gasteiger partial charge in [0.15, 0.2) is 0 Å². The SMILES string of the molecule is CCCCCCCCCC[C@H](CC(=O)OC(C)(C)C)C(=O)OCc1ccccc1. The van der Waals surface area contributed by atoms with Crippen molar-refractivity contribution in [2.75, 3.05) is 0 Å². The van der Waals surface area contributed by atoms with Crippen molar-refractivity contribution in [2.45, 2.75) is 104 Å². The maximum atomic E-state index is 12.6. The summed E-state index contributed by atoms with van der Waals surface area (Å²) < 4.78 is 10.9. The van der Waals surface area contributed by atoms with E-state index in [1.807, 2.05) is 51.1 Å². The number of unbranched alkanes of at least 4 members (excludes halogenated alkanes) is 7. The van der Waals surface area contributed by atoms with Gasteiger partial charge in [0.1, 0.15) is 12.2 Å². The minimum absolute atomic E-state index is 0.0847. The number of hydrogen-bond acceptors (Lipinski definition) is 4. The highest BCUT2D eigenvalue weighted by Crippen LogP contribution is 2.20. The molecule has 1 aromatic rings. The van der Waals surface area contributed by atoms with Crippen LogP contribution in [0, 0.1) is 5.92 Å². The van der Waals surface area contributed by atoms with E-state index in [-0.39, 0.29) is 25.0 Å². The summed E-state index contributed by atoms with van der Waals surface area (Å²) >= 11 is 0. The molecule has 4 heteroatoms. The predicted molar refractivity (Wildman–Crippen MR) is 117 cm³/mol. The fourth-order valence-electron chi connectivity index (χ4n) is 3.26. The van der Waals surface area contributed by atoms with E-state index in [1.54, 1.807) is 0 Å². The number of hydrogen-bond donors (Lipinski definition) is 0. The van der Waals surface area contributed by atoms with Gasteiger partial charge in [0.2, 0.25) is 0 Å². The average Bonchev–Trinajstić information content (AvgIpc) is 2.66. The van der Waals surface area contributed by atoms with Crippen LogP contribution in [0.4, 0.5) is 0 Å². The largest absolute Gasteiger partial charge is 0.461 e. The number of ether oxygens (including phenoxy) is 2. The zero-order valence-corrected chi connectivity index (χ0v) is 18.9. The molecule has 0 N–H and O–H groups in total. The van der Waals surface area contributed by atoms with Crippen LogP contribution >= 0.6 is 0 Å². The Labute approximate surface area is 177 Å². The Balaban J connectivity index is 2.47. The molecule has 164 valence electrons. The van der Waals surface area contributed by atoms with Crippen LogP contribution in [0.15, 0.2) is 30.3 Å². The quantitative estimate of drug-likeness (QED) is 0.259. The Morgan fingerprint density at radius 1 is 0.897 bits per heavy atom. The van der Waals surface area contributed by atoms with Crippen molar-refractivity contribution in [3.63, 3.8) is 0 Å². The van der Waals surface area contributed by atoms with Gasteiger partial charge >= 0.3 is 11.9 Å². The first-order valence-electron chi connectivity index (χ1n) is 11.2. The summed E-state index contributed by atoms with van der Waals surface area (Å²) in [4.78, 5) is 24.9. The highest BCUT2D eigenvalue weighted by molar-refractivity contribution is 5.80. The molecule has 0 unspecified atom stereocenters. The summed E-state index contributed by atoms with van der Waals surface area (Å²) in [6, 6.07) is 9.62. The fourth-order valence-corrected chi connectivity index (χ4v) is 3.26. The van der Waals surface area contributed by atoms with E-state index < -0.39 is 11.5 Å². The van der Waals surface area contributed by atoms with Crippen LogP contribution in [0.2, 0.25) is 0 Å². The lowest BCUT2D eigenvalue weighted by Crippen LogP contribution is -2.28. The van der Waals surface area contributed by atoms with E-state index in [4.69, 9.17) is 9.47 Å². The van der Waals surface area contributed by atoms with Crippen molar-refractivity contribution in [3.8, 4) is 0 Å². The second-order valence-electron chi connectivity index (χ2n) is 8.84. The number of rotatable bonds is 14. The number of carbonyl (C=O) groups is 2. The van der Waals surface area contributed by atoms with Gasteiger partial charge in [-0.15, -0.1) is 0 Å². The predicted octanol–water partition coefficient (Wildman–Crippen LogP) is 6.61. The van der Waals surface area contributed by atoms with Gasteiger partial charge in [0.25, 0.3) is 0 Å². The van der Waals surface area contributed by atoms with Crippen LogP contribution < -0.4 is 0 Å². The maximum Gasteiger partial charge on any atom is 0.309 e. The summed E-state index contributed by atoms with van der Waals surface area (Å²) in [6.45, 7) is 7.98. The lowest BCUT2D eigenvalue weighted by Gasteiger charge is -2.22. The molecule has 0 aliphatic rings. The molecular weight excluding hydrogens is 364 g/mol. The number of benzene rings is 1. The molecule has 0 saturated carbocycles. The van der Waals surface area contributed by atoms with E-state index >= 15 is 0 Å². The van der Waals surface area contributed by atoms with Crippen LogP contribution in [-0.2, 0) is 25.7 Å². The first kappa shape index (κ1) is 25.2. The van der Waals surface area contributed by atoms with Crippen LogP contribution in [-0.4, -0.2) is 17.5 Å². The monoisotopic (exact) mass is 404 g/mol. The lowest BCUT2D eigenvalue weighted by atomic mass is 9.97. The van der Waals surface area contributed by atoms with Crippen LogP contribution in [0.25, 0.3) is 0 Å². The van der Waals surface area contributed by atoms with Gasteiger partial charge in [-0.2, -0.15) is 0 Å². The maximum absolute atomic E-state index is 12.6. The summed E-state index contributed by atoms with van der Waals surface area (Å²) in [6.07, 6.45) is 10.4. The zero-order valence-electron chi connectivity index (χ0n) is 18.9. The van der Waals surface area contributed by atoms with Gasteiger partial charge in [0.05, 0.1) is 12.3 Å². The molecule has 4 nitrogen and oxygen atoms in total. The average molecular weight is 405 g/mol. The molecule has 0 heterocycles. The van der Waals surface area contributed by atoms with Crippen molar-refractivity contribution in [1.29, 1.82) is 0 Å². The van der Waals surface area contributed by atoms with Crippen LogP contribution in [0.1, 0.15) is 97.5 Å². The third kappa shape index (κ3) is 13.1. The molecular formula is C25H40O4. The van der Waals surface area contributed by atoms with E-state index in [9.17, 15) is 9.59 Å². The zero-order chi connectivity index (χ0) is 21.5. The molecule has 0 aromatic heterocycles. The molecule has 0 saturated heterocycles. The molecule has 0 fully saturated rings. The highest BCUT2D eigenvalue weighted by Gasteiger charge is 2.26. The normalized spacial score (nSPS) is 12.4. The summed E-state index contributed by atoms with van der Waals surface area (Å²) in [5.41, 5.74) is 0.401. The number of esters is 2. The van der Waals surface area contributed by atoms with Crippen molar-refractivity contribution in [1.82, 2.24) is 0 Å². The summed E-state index contributed by atoms with van der Waals surface area (Å²) in [5, 5.41) is 0.